The Morgan fingerprint density at radius 2 is 0.865 bits per heavy atom. The number of esters is 2. The van der Waals surface area contributed by atoms with Gasteiger partial charge >= 0.3 is 19.8 Å². The molecule has 0 heterocycles. The Kier molecular flexibility index (Phi) is 35.0. The van der Waals surface area contributed by atoms with Crippen molar-refractivity contribution in [2.24, 2.45) is 0 Å². The maximum atomic E-state index is 12.6. The highest BCUT2D eigenvalue weighted by molar-refractivity contribution is 7.47. The third-order valence-electron chi connectivity index (χ3n) is 9.64. The summed E-state index contributed by atoms with van der Waals surface area (Å²) in [6.07, 6.45) is 34.3. The second-order valence-corrected chi connectivity index (χ2v) is 17.6. The van der Waals surface area contributed by atoms with Gasteiger partial charge in [-0.2, -0.15) is 0 Å². The van der Waals surface area contributed by atoms with Crippen LogP contribution in [0.3, 0.4) is 0 Å². The van der Waals surface area contributed by atoms with Gasteiger partial charge in [-0.15, -0.1) is 0 Å². The molecule has 0 fully saturated rings. The number of carbonyl (C=O) groups is 2. The molecule has 52 heavy (non-hydrogen) atoms. The predicted molar refractivity (Wildman–Crippen MR) is 215 cm³/mol. The number of rotatable bonds is 40. The van der Waals surface area contributed by atoms with Crippen molar-refractivity contribution in [3.8, 4) is 0 Å². The number of phosphoric acid groups is 1. The summed E-state index contributed by atoms with van der Waals surface area (Å²) in [6, 6.07) is 0. The van der Waals surface area contributed by atoms with Crippen molar-refractivity contribution in [2.45, 2.75) is 213 Å². The van der Waals surface area contributed by atoms with E-state index in [0.717, 1.165) is 32.1 Å². The number of quaternary nitrogens is 1. The molecule has 310 valence electrons. The molecule has 0 bridgehead atoms. The van der Waals surface area contributed by atoms with Crippen LogP contribution < -0.4 is 0 Å². The van der Waals surface area contributed by atoms with Gasteiger partial charge in [-0.25, -0.2) is 4.57 Å². The molecule has 0 aromatic rings. The van der Waals surface area contributed by atoms with E-state index in [9.17, 15) is 19.0 Å². The quantitative estimate of drug-likeness (QED) is 0.0284. The maximum Gasteiger partial charge on any atom is 0.472 e. The van der Waals surface area contributed by atoms with Crippen molar-refractivity contribution >= 4 is 19.8 Å². The van der Waals surface area contributed by atoms with Gasteiger partial charge in [0.15, 0.2) is 6.10 Å². The molecular formula is C42H85NO8P+. The molecule has 9 nitrogen and oxygen atoms in total. The number of unbranched alkanes of at least 4 members (excludes halogenated alkanes) is 26. The van der Waals surface area contributed by atoms with Crippen LogP contribution in [0.5, 0.6) is 0 Å². The zero-order valence-electron chi connectivity index (χ0n) is 34.8. The zero-order valence-corrected chi connectivity index (χ0v) is 35.7. The van der Waals surface area contributed by atoms with Gasteiger partial charge in [-0.05, 0) is 12.8 Å². The third-order valence-corrected chi connectivity index (χ3v) is 10.6. The third kappa shape index (κ3) is 38.7. The van der Waals surface area contributed by atoms with Gasteiger partial charge in [0.1, 0.15) is 19.8 Å². The molecule has 0 aliphatic rings. The van der Waals surface area contributed by atoms with E-state index >= 15 is 0 Å². The Hall–Kier alpha value is -0.990. The highest BCUT2D eigenvalue weighted by atomic mass is 31.2. The lowest BCUT2D eigenvalue weighted by atomic mass is 10.0. The van der Waals surface area contributed by atoms with E-state index < -0.39 is 26.5 Å². The standard InChI is InChI=1S/C42H84NO8P/c1-6-8-10-12-14-16-18-19-20-21-22-23-25-26-28-30-32-34-41(44)48-38-40(39-50-52(46,47)49-37-36-43(3,4)5)51-42(45)35-33-31-29-27-24-17-15-13-11-9-7-2/h40H,6-39H2,1-5H3/p+1. The van der Waals surface area contributed by atoms with Crippen molar-refractivity contribution in [3.05, 3.63) is 0 Å². The van der Waals surface area contributed by atoms with E-state index in [1.165, 1.54) is 141 Å². The van der Waals surface area contributed by atoms with Crippen molar-refractivity contribution in [3.63, 3.8) is 0 Å². The van der Waals surface area contributed by atoms with Crippen LogP contribution in [-0.4, -0.2) is 74.9 Å². The van der Waals surface area contributed by atoms with Crippen LogP contribution >= 0.6 is 7.82 Å². The second-order valence-electron chi connectivity index (χ2n) is 16.1. The molecule has 1 N–H and O–H groups in total. The lowest BCUT2D eigenvalue weighted by molar-refractivity contribution is -0.870. The van der Waals surface area contributed by atoms with Crippen molar-refractivity contribution < 1.29 is 42.1 Å². The smallest absolute Gasteiger partial charge is 0.462 e. The summed E-state index contributed by atoms with van der Waals surface area (Å²) in [7, 11) is 1.49. The molecule has 0 aliphatic heterocycles. The van der Waals surface area contributed by atoms with Gasteiger partial charge in [-0.1, -0.05) is 181 Å². The summed E-state index contributed by atoms with van der Waals surface area (Å²) in [6.45, 7) is 4.44. The fourth-order valence-electron chi connectivity index (χ4n) is 6.19. The summed E-state index contributed by atoms with van der Waals surface area (Å²) in [5.41, 5.74) is 0. The van der Waals surface area contributed by atoms with Crippen LogP contribution in [0.25, 0.3) is 0 Å². The molecule has 0 spiro atoms. The van der Waals surface area contributed by atoms with Crippen LogP contribution in [0.1, 0.15) is 206 Å². The van der Waals surface area contributed by atoms with Crippen molar-refractivity contribution in [2.75, 3.05) is 47.5 Å². The van der Waals surface area contributed by atoms with Crippen LogP contribution in [-0.2, 0) is 32.7 Å². The van der Waals surface area contributed by atoms with Crippen LogP contribution in [0.2, 0.25) is 0 Å². The predicted octanol–water partition coefficient (Wildman–Crippen LogP) is 12.0. The first-order chi connectivity index (χ1) is 25.0. The van der Waals surface area contributed by atoms with Gasteiger partial charge in [0.25, 0.3) is 0 Å². The highest BCUT2D eigenvalue weighted by Gasteiger charge is 2.27. The Morgan fingerprint density at radius 1 is 0.519 bits per heavy atom. The first-order valence-electron chi connectivity index (χ1n) is 21.8. The van der Waals surface area contributed by atoms with Crippen LogP contribution in [0.15, 0.2) is 0 Å². The zero-order chi connectivity index (χ0) is 38.6. The monoisotopic (exact) mass is 763 g/mol. The molecule has 0 saturated carbocycles. The fraction of sp³-hybridized carbons (Fsp3) is 0.952. The van der Waals surface area contributed by atoms with Crippen molar-refractivity contribution in [1.29, 1.82) is 0 Å². The minimum absolute atomic E-state index is 0.0366. The minimum Gasteiger partial charge on any atom is -0.462 e. The van der Waals surface area contributed by atoms with E-state index in [-0.39, 0.29) is 25.6 Å². The Bertz CT molecular complexity index is 865. The lowest BCUT2D eigenvalue weighted by Gasteiger charge is -2.24. The number of hydrogen-bond acceptors (Lipinski definition) is 7. The highest BCUT2D eigenvalue weighted by Crippen LogP contribution is 2.43. The SMILES string of the molecule is CCCCCCCCCCCCCCCCCCCC(=O)OCC(COP(=O)(O)OCC[N+](C)(C)C)OC(=O)CCCCCCCCCCCCC. The van der Waals surface area contributed by atoms with E-state index in [4.69, 9.17) is 18.5 Å². The van der Waals surface area contributed by atoms with Gasteiger partial charge in [0.2, 0.25) is 0 Å². The summed E-state index contributed by atoms with van der Waals surface area (Å²) < 4.78 is 34.3. The average Bonchev–Trinajstić information content (AvgIpc) is 3.09. The molecule has 0 amide bonds. The largest absolute Gasteiger partial charge is 0.472 e. The summed E-state index contributed by atoms with van der Waals surface area (Å²) in [4.78, 5) is 35.3. The lowest BCUT2D eigenvalue weighted by Crippen LogP contribution is -2.37. The summed E-state index contributed by atoms with van der Waals surface area (Å²) in [5.74, 6) is -0.786. The molecule has 0 aromatic carbocycles. The van der Waals surface area contributed by atoms with Gasteiger partial charge in [0, 0.05) is 12.8 Å². The molecule has 2 unspecified atom stereocenters. The van der Waals surface area contributed by atoms with Crippen molar-refractivity contribution in [1.82, 2.24) is 0 Å². The molecular weight excluding hydrogens is 677 g/mol. The Balaban J connectivity index is 4.28. The number of hydrogen-bond donors (Lipinski definition) is 1. The maximum absolute atomic E-state index is 12.6. The number of ether oxygens (including phenoxy) is 2. The number of phosphoric ester groups is 1. The van der Waals surface area contributed by atoms with Gasteiger partial charge in [-0.3, -0.25) is 18.6 Å². The number of likely N-dealkylation sites (N-methyl/N-ethyl adjacent to an activating group) is 1. The summed E-state index contributed by atoms with van der Waals surface area (Å²) in [5, 5.41) is 0. The molecule has 10 heteroatoms. The first-order valence-corrected chi connectivity index (χ1v) is 23.3. The first kappa shape index (κ1) is 51.0. The van der Waals surface area contributed by atoms with Crippen LogP contribution in [0, 0.1) is 0 Å². The van der Waals surface area contributed by atoms with Gasteiger partial charge < -0.3 is 18.9 Å². The van der Waals surface area contributed by atoms with Crippen LogP contribution in [0.4, 0.5) is 0 Å². The molecule has 0 radical (unpaired) electrons. The average molecular weight is 763 g/mol. The normalized spacial score (nSPS) is 13.6. The molecule has 0 aliphatic carbocycles. The minimum atomic E-state index is -4.36. The van der Waals surface area contributed by atoms with E-state index in [1.54, 1.807) is 0 Å². The molecule has 2 atom stereocenters. The number of carbonyl (C=O) groups excluding carboxylic acids is 2. The second kappa shape index (κ2) is 35.7. The van der Waals surface area contributed by atoms with E-state index in [2.05, 4.69) is 13.8 Å². The van der Waals surface area contributed by atoms with E-state index in [1.807, 2.05) is 21.1 Å². The number of nitrogens with zero attached hydrogens (tertiary/aromatic N) is 1. The Morgan fingerprint density at radius 3 is 1.23 bits per heavy atom. The molecule has 0 saturated heterocycles. The fourth-order valence-corrected chi connectivity index (χ4v) is 6.93. The summed E-state index contributed by atoms with van der Waals surface area (Å²) >= 11 is 0. The molecule has 0 aromatic heterocycles. The molecule has 0 rings (SSSR count). The van der Waals surface area contributed by atoms with Gasteiger partial charge in [0.05, 0.1) is 27.7 Å². The Labute approximate surface area is 321 Å². The topological polar surface area (TPSA) is 108 Å². The van der Waals surface area contributed by atoms with E-state index in [0.29, 0.717) is 23.9 Å².